The minimum Gasteiger partial charge on any atom is -0.172 e. The van der Waals surface area contributed by atoms with Crippen LogP contribution in [0.1, 0.15) is 96.8 Å². The van der Waals surface area contributed by atoms with Crippen molar-refractivity contribution < 1.29 is 0 Å². The van der Waals surface area contributed by atoms with Gasteiger partial charge in [-0.2, -0.15) is 22.2 Å². The average Bonchev–Trinajstić information content (AvgIpc) is 2.70. The number of halogens is 2. The van der Waals surface area contributed by atoms with E-state index in [2.05, 4.69) is 153 Å². The van der Waals surface area contributed by atoms with Gasteiger partial charge in [-0.1, -0.05) is 158 Å². The summed E-state index contributed by atoms with van der Waals surface area (Å²) in [5.74, 6) is 1.51. The van der Waals surface area contributed by atoms with Gasteiger partial charge in [0, 0.05) is 32.3 Å². The van der Waals surface area contributed by atoms with Crippen molar-refractivity contribution in [2.24, 2.45) is 5.41 Å². The monoisotopic (exact) mass is 745 g/mol. The van der Waals surface area contributed by atoms with Crippen LogP contribution in [0.25, 0.3) is 0 Å². The second kappa shape index (κ2) is 12.3. The third kappa shape index (κ3) is 6.67. The first-order valence-corrected chi connectivity index (χ1v) is 41.1. The van der Waals surface area contributed by atoms with Gasteiger partial charge in [0.15, 0.2) is 13.3 Å². The van der Waals surface area contributed by atoms with Crippen molar-refractivity contribution in [2.75, 3.05) is 0 Å². The summed E-state index contributed by atoms with van der Waals surface area (Å²) in [5.41, 5.74) is 4.97. The first-order chi connectivity index (χ1) is 18.7. The van der Waals surface area contributed by atoms with E-state index in [9.17, 15) is 11.1 Å². The molecule has 0 amide bonds. The van der Waals surface area contributed by atoms with E-state index in [1.165, 1.54) is 11.6 Å². The Morgan fingerprint density at radius 2 is 1.02 bits per heavy atom. The van der Waals surface area contributed by atoms with Gasteiger partial charge in [0.1, 0.15) is 0 Å². The zero-order valence-corrected chi connectivity index (χ0v) is 40.9. The SMILES string of the molecule is CC(C)c1cc(C(C)C)c([Si]2C([Si](C)(C)C)([Si](C)(C)C)[Si](Cl)(C([Si](C)(C)C)[Si](C)(C)C)[Si]2(Cl)CC(C)(C)C)c(C(C)C)c1. The molecule has 2 atom stereocenters. The minimum absolute atomic E-state index is 0.180. The van der Waals surface area contributed by atoms with E-state index in [0.717, 1.165) is 4.79 Å². The first-order valence-electron chi connectivity index (χ1n) is 17.2. The molecule has 1 fully saturated rings. The predicted octanol–water partition coefficient (Wildman–Crippen LogP) is 12.5. The lowest BCUT2D eigenvalue weighted by Gasteiger charge is -2.80. The maximum absolute atomic E-state index is 9.17. The van der Waals surface area contributed by atoms with Crippen molar-refractivity contribution in [3.63, 3.8) is 0 Å². The van der Waals surface area contributed by atoms with E-state index < -0.39 is 53.9 Å². The Bertz CT molecular complexity index is 1100. The summed E-state index contributed by atoms with van der Waals surface area (Å²) in [6.07, 6.45) is -2.48. The lowest BCUT2D eigenvalue weighted by Crippen LogP contribution is -3.01. The molecule has 1 heterocycles. The Morgan fingerprint density at radius 3 is 1.26 bits per heavy atom. The molecule has 0 N–H and O–H groups in total. The van der Waals surface area contributed by atoms with Crippen LogP contribution >= 0.6 is 22.2 Å². The van der Waals surface area contributed by atoms with Gasteiger partial charge in [-0.15, -0.1) is 0 Å². The molecule has 43 heavy (non-hydrogen) atoms. The lowest BCUT2D eigenvalue weighted by molar-refractivity contribution is 0.465. The van der Waals surface area contributed by atoms with Gasteiger partial charge >= 0.3 is 0 Å². The Kier molecular flexibility index (Phi) is 11.6. The Hall–Kier alpha value is 1.32. The number of hydrogen-bond donors (Lipinski definition) is 0. The number of hydrogen-bond acceptors (Lipinski definition) is 0. The molecule has 1 aliphatic heterocycles. The maximum atomic E-state index is 9.17. The molecule has 1 saturated heterocycles. The van der Waals surface area contributed by atoms with Gasteiger partial charge < -0.3 is 0 Å². The molecular formula is C34H71Cl2Si7. The highest BCUT2D eigenvalue weighted by Crippen LogP contribution is 2.76. The summed E-state index contributed by atoms with van der Waals surface area (Å²) < 4.78 is 0.330. The molecule has 0 saturated carbocycles. The molecule has 1 aromatic carbocycles. The fraction of sp³-hybridized carbons (Fsp3) is 0.824. The quantitative estimate of drug-likeness (QED) is 0.165. The highest BCUT2D eigenvalue weighted by Gasteiger charge is 2.91. The number of benzene rings is 1. The molecule has 1 radical (unpaired) electrons. The van der Waals surface area contributed by atoms with Crippen LogP contribution in [-0.2, 0) is 0 Å². The van der Waals surface area contributed by atoms with Crippen molar-refractivity contribution in [3.8, 4) is 0 Å². The van der Waals surface area contributed by atoms with Crippen molar-refractivity contribution in [3.05, 3.63) is 28.8 Å². The third-order valence-electron chi connectivity index (χ3n) is 10.4. The van der Waals surface area contributed by atoms with Gasteiger partial charge in [-0.25, -0.2) is 0 Å². The molecule has 9 heteroatoms. The smallest absolute Gasteiger partial charge is 0.159 e. The van der Waals surface area contributed by atoms with Crippen molar-refractivity contribution >= 4 is 81.3 Å². The molecule has 249 valence electrons. The second-order valence-corrected chi connectivity index (χ2v) is 70.2. The zero-order chi connectivity index (χ0) is 34.3. The molecule has 0 spiro atoms. The largest absolute Gasteiger partial charge is 0.172 e. The van der Waals surface area contributed by atoms with Gasteiger partial charge in [0.2, 0.25) is 0 Å². The summed E-state index contributed by atoms with van der Waals surface area (Å²) in [5, 5.41) is 1.80. The molecule has 1 aromatic rings. The Balaban J connectivity index is 3.47. The highest BCUT2D eigenvalue weighted by molar-refractivity contribution is 8.02. The van der Waals surface area contributed by atoms with Gasteiger partial charge in [-0.3, -0.25) is 0 Å². The van der Waals surface area contributed by atoms with Gasteiger partial charge in [0.05, 0.1) is 8.31 Å². The second-order valence-electron chi connectivity index (χ2n) is 20.6. The predicted molar refractivity (Wildman–Crippen MR) is 221 cm³/mol. The van der Waals surface area contributed by atoms with Crippen LogP contribution in [0.4, 0.5) is 0 Å². The summed E-state index contributed by atoms with van der Waals surface area (Å²) >= 11 is 18.1. The summed E-state index contributed by atoms with van der Waals surface area (Å²) in [6.45, 7) is 52.0. The Morgan fingerprint density at radius 1 is 0.674 bits per heavy atom. The first kappa shape index (κ1) is 40.5. The van der Waals surface area contributed by atoms with Crippen LogP contribution < -0.4 is 5.19 Å². The molecule has 0 nitrogen and oxygen atoms in total. The number of rotatable bonds is 10. The topological polar surface area (TPSA) is 0 Å². The van der Waals surface area contributed by atoms with Gasteiger partial charge in [0.25, 0.3) is 0 Å². The summed E-state index contributed by atoms with van der Waals surface area (Å²) in [4.78, 5) is 0.729. The lowest BCUT2D eigenvalue weighted by atomic mass is 9.89. The van der Waals surface area contributed by atoms with Gasteiger partial charge in [-0.05, 0) is 54.6 Å². The Labute approximate surface area is 287 Å². The average molecular weight is 747 g/mol. The minimum atomic E-state index is -2.54. The fourth-order valence-corrected chi connectivity index (χ4v) is 161. The summed E-state index contributed by atoms with van der Waals surface area (Å²) in [6, 6.07) is 6.47. The van der Waals surface area contributed by atoms with E-state index in [1.54, 1.807) is 16.3 Å². The maximum Gasteiger partial charge on any atom is 0.159 e. The highest BCUT2D eigenvalue weighted by atomic mass is 35.6. The van der Waals surface area contributed by atoms with Crippen LogP contribution in [-0.4, -0.2) is 53.9 Å². The molecular weight excluding hydrogens is 676 g/mol. The van der Waals surface area contributed by atoms with E-state index >= 15 is 0 Å². The molecule has 2 rings (SSSR count). The van der Waals surface area contributed by atoms with Crippen LogP contribution in [0.15, 0.2) is 12.1 Å². The van der Waals surface area contributed by atoms with E-state index in [1.807, 2.05) is 0 Å². The van der Waals surface area contributed by atoms with E-state index in [0.29, 0.717) is 21.7 Å². The molecule has 0 aromatic heterocycles. The van der Waals surface area contributed by atoms with Crippen molar-refractivity contribution in [2.45, 2.75) is 173 Å². The fourth-order valence-electron chi connectivity index (χ4n) is 10.4. The zero-order valence-electron chi connectivity index (χ0n) is 32.4. The standard InChI is InChI=1S/C34H71Cl2Si7/c1-25(2)28-22-29(26(3)4)31(30(23-28)27(5)6)37-34(40(16,17)18,41(19,20)21)43(36,42(37,35)24-33(7,8)9)32(38(10,11)12)39(13,14)15/h22-23,25-27,32H,24H2,1-21H3. The molecule has 2 unspecified atom stereocenters. The molecule has 0 bridgehead atoms. The van der Waals surface area contributed by atoms with Crippen LogP contribution in [0.5, 0.6) is 0 Å². The molecule has 0 aliphatic carbocycles. The van der Waals surface area contributed by atoms with Crippen molar-refractivity contribution in [1.82, 2.24) is 0 Å². The molecule has 1 aliphatic rings. The van der Waals surface area contributed by atoms with Crippen LogP contribution in [0.2, 0.25) is 93.3 Å². The van der Waals surface area contributed by atoms with Crippen LogP contribution in [0, 0.1) is 5.41 Å². The normalized spacial score (nSPS) is 24.4. The van der Waals surface area contributed by atoms with Crippen molar-refractivity contribution in [1.29, 1.82) is 0 Å². The third-order valence-corrected chi connectivity index (χ3v) is 94.7. The van der Waals surface area contributed by atoms with E-state index in [4.69, 9.17) is 11.1 Å². The summed E-state index contributed by atoms with van der Waals surface area (Å²) in [7, 11) is -8.18. The van der Waals surface area contributed by atoms with E-state index in [-0.39, 0.29) is 5.41 Å². The van der Waals surface area contributed by atoms with Crippen LogP contribution in [0.3, 0.4) is 0 Å².